The Morgan fingerprint density at radius 2 is 1.78 bits per heavy atom. The van der Waals surface area contributed by atoms with E-state index in [1.807, 2.05) is 24.3 Å². The summed E-state index contributed by atoms with van der Waals surface area (Å²) in [6.07, 6.45) is 3.14. The van der Waals surface area contributed by atoms with Crippen molar-refractivity contribution in [1.82, 2.24) is 0 Å². The molecule has 4 atom stereocenters. The number of rotatable bonds is 0. The summed E-state index contributed by atoms with van der Waals surface area (Å²) in [6, 6.07) is 7.35. The van der Waals surface area contributed by atoms with Gasteiger partial charge in [-0.25, -0.2) is 0 Å². The summed E-state index contributed by atoms with van der Waals surface area (Å²) in [4.78, 5) is 25.1. The van der Waals surface area contributed by atoms with Crippen molar-refractivity contribution < 1.29 is 9.59 Å². The summed E-state index contributed by atoms with van der Waals surface area (Å²) < 4.78 is 0. The van der Waals surface area contributed by atoms with E-state index in [-0.39, 0.29) is 23.4 Å². The van der Waals surface area contributed by atoms with Crippen LogP contribution in [0.1, 0.15) is 46.9 Å². The first-order valence-electron chi connectivity index (χ1n) is 6.79. The SMILES string of the molecule is CC12CCC3C(=O)c4ccccc4C(=O)C3C1C2. The lowest BCUT2D eigenvalue weighted by Crippen LogP contribution is -2.41. The zero-order valence-electron chi connectivity index (χ0n) is 10.5. The van der Waals surface area contributed by atoms with Crippen molar-refractivity contribution in [2.45, 2.75) is 26.2 Å². The quantitative estimate of drug-likeness (QED) is 0.698. The van der Waals surface area contributed by atoms with Crippen molar-refractivity contribution in [3.05, 3.63) is 35.4 Å². The van der Waals surface area contributed by atoms with Gasteiger partial charge in [0.25, 0.3) is 0 Å². The molecule has 92 valence electrons. The van der Waals surface area contributed by atoms with Crippen molar-refractivity contribution in [2.24, 2.45) is 23.2 Å². The van der Waals surface area contributed by atoms with Crippen LogP contribution in [0.4, 0.5) is 0 Å². The van der Waals surface area contributed by atoms with Crippen LogP contribution >= 0.6 is 0 Å². The number of ketones is 2. The van der Waals surface area contributed by atoms with Crippen LogP contribution in [-0.2, 0) is 0 Å². The predicted molar refractivity (Wildman–Crippen MR) is 67.5 cm³/mol. The Labute approximate surface area is 106 Å². The molecule has 4 unspecified atom stereocenters. The van der Waals surface area contributed by atoms with E-state index < -0.39 is 0 Å². The second kappa shape index (κ2) is 3.11. The third-order valence-electron chi connectivity index (χ3n) is 5.41. The smallest absolute Gasteiger partial charge is 0.167 e. The number of Topliss-reactive ketones (excluding diaryl/α,β-unsaturated/α-hetero) is 2. The zero-order chi connectivity index (χ0) is 12.5. The van der Waals surface area contributed by atoms with Gasteiger partial charge in [-0.15, -0.1) is 0 Å². The average molecular weight is 240 g/mol. The minimum atomic E-state index is -0.0343. The molecule has 0 saturated heterocycles. The molecular formula is C16H16O2. The number of hydrogen-bond donors (Lipinski definition) is 0. The standard InChI is InChI=1S/C16H16O2/c1-16-7-6-11-13(12(16)8-16)15(18)10-5-3-2-4-9(10)14(11)17/h2-5,11-13H,6-8H2,1H3. The van der Waals surface area contributed by atoms with Crippen molar-refractivity contribution in [3.63, 3.8) is 0 Å². The normalized spacial score (nSPS) is 40.8. The predicted octanol–water partition coefficient (Wildman–Crippen LogP) is 3.12. The van der Waals surface area contributed by atoms with Crippen molar-refractivity contribution in [2.75, 3.05) is 0 Å². The van der Waals surface area contributed by atoms with Gasteiger partial charge in [-0.3, -0.25) is 9.59 Å². The molecule has 0 aliphatic heterocycles. The molecule has 0 amide bonds. The Bertz CT molecular complexity index is 574. The molecule has 0 heterocycles. The van der Waals surface area contributed by atoms with Gasteiger partial charge < -0.3 is 0 Å². The van der Waals surface area contributed by atoms with Gasteiger partial charge in [-0.2, -0.15) is 0 Å². The molecule has 0 bridgehead atoms. The summed E-state index contributed by atoms with van der Waals surface area (Å²) in [7, 11) is 0. The van der Waals surface area contributed by atoms with E-state index in [9.17, 15) is 9.59 Å². The molecule has 2 heteroatoms. The van der Waals surface area contributed by atoms with E-state index in [0.29, 0.717) is 22.5 Å². The zero-order valence-corrected chi connectivity index (χ0v) is 10.5. The molecule has 2 saturated carbocycles. The van der Waals surface area contributed by atoms with Gasteiger partial charge in [-0.1, -0.05) is 31.2 Å². The highest BCUT2D eigenvalue weighted by Crippen LogP contribution is 2.66. The van der Waals surface area contributed by atoms with Crippen LogP contribution in [0.3, 0.4) is 0 Å². The van der Waals surface area contributed by atoms with Gasteiger partial charge in [0.1, 0.15) is 0 Å². The fraction of sp³-hybridized carbons (Fsp3) is 0.500. The van der Waals surface area contributed by atoms with E-state index in [0.717, 1.165) is 19.3 Å². The lowest BCUT2D eigenvalue weighted by atomic mass is 9.65. The third kappa shape index (κ3) is 1.14. The van der Waals surface area contributed by atoms with Gasteiger partial charge in [-0.05, 0) is 30.6 Å². The van der Waals surface area contributed by atoms with E-state index in [1.54, 1.807) is 0 Å². The maximum absolute atomic E-state index is 12.6. The second-order valence-corrected chi connectivity index (χ2v) is 6.41. The van der Waals surface area contributed by atoms with Gasteiger partial charge >= 0.3 is 0 Å². The maximum atomic E-state index is 12.6. The Kier molecular flexibility index (Phi) is 1.81. The first kappa shape index (κ1) is 10.5. The molecule has 3 aliphatic carbocycles. The van der Waals surface area contributed by atoms with Crippen LogP contribution in [0, 0.1) is 23.2 Å². The summed E-state index contributed by atoms with van der Waals surface area (Å²) in [5.41, 5.74) is 1.68. The van der Waals surface area contributed by atoms with Gasteiger partial charge in [0.15, 0.2) is 11.6 Å². The molecule has 1 aromatic rings. The van der Waals surface area contributed by atoms with Crippen LogP contribution < -0.4 is 0 Å². The molecular weight excluding hydrogens is 224 g/mol. The fourth-order valence-corrected chi connectivity index (χ4v) is 4.19. The summed E-state index contributed by atoms with van der Waals surface area (Å²) in [5.74, 6) is 0.841. The minimum absolute atomic E-state index is 0.0221. The average Bonchev–Trinajstić information content (AvgIpc) is 3.07. The number of hydrogen-bond acceptors (Lipinski definition) is 2. The molecule has 18 heavy (non-hydrogen) atoms. The van der Waals surface area contributed by atoms with Crippen molar-refractivity contribution >= 4 is 11.6 Å². The van der Waals surface area contributed by atoms with Crippen molar-refractivity contribution in [3.8, 4) is 0 Å². The van der Waals surface area contributed by atoms with Crippen molar-refractivity contribution in [1.29, 1.82) is 0 Å². The lowest BCUT2D eigenvalue weighted by molar-refractivity contribution is 0.0625. The molecule has 1 aromatic carbocycles. The summed E-state index contributed by atoms with van der Waals surface area (Å²) in [5, 5.41) is 0. The van der Waals surface area contributed by atoms with Crippen LogP contribution in [-0.4, -0.2) is 11.6 Å². The highest BCUT2D eigenvalue weighted by atomic mass is 16.1. The van der Waals surface area contributed by atoms with Crippen LogP contribution in [0.25, 0.3) is 0 Å². The Hall–Kier alpha value is -1.44. The maximum Gasteiger partial charge on any atom is 0.167 e. The Morgan fingerprint density at radius 1 is 1.11 bits per heavy atom. The molecule has 4 rings (SSSR count). The first-order chi connectivity index (χ1) is 8.62. The largest absolute Gasteiger partial charge is 0.294 e. The molecule has 2 nitrogen and oxygen atoms in total. The molecule has 0 radical (unpaired) electrons. The number of benzene rings is 1. The minimum Gasteiger partial charge on any atom is -0.294 e. The highest BCUT2D eigenvalue weighted by molar-refractivity contribution is 6.16. The third-order valence-corrected chi connectivity index (χ3v) is 5.41. The highest BCUT2D eigenvalue weighted by Gasteiger charge is 2.62. The Morgan fingerprint density at radius 3 is 2.50 bits per heavy atom. The van der Waals surface area contributed by atoms with Crippen LogP contribution in [0.15, 0.2) is 24.3 Å². The van der Waals surface area contributed by atoms with Crippen LogP contribution in [0.2, 0.25) is 0 Å². The lowest BCUT2D eigenvalue weighted by Gasteiger charge is -2.36. The monoisotopic (exact) mass is 240 g/mol. The van der Waals surface area contributed by atoms with Gasteiger partial charge in [0.05, 0.1) is 0 Å². The summed E-state index contributed by atoms with van der Waals surface area (Å²) in [6.45, 7) is 2.27. The Balaban J connectivity index is 1.85. The first-order valence-corrected chi connectivity index (χ1v) is 6.79. The molecule has 3 aliphatic rings. The fourth-order valence-electron chi connectivity index (χ4n) is 4.19. The summed E-state index contributed by atoms with van der Waals surface area (Å²) >= 11 is 0. The number of carbonyl (C=O) groups is 2. The molecule has 0 aromatic heterocycles. The van der Waals surface area contributed by atoms with E-state index >= 15 is 0 Å². The van der Waals surface area contributed by atoms with E-state index in [1.165, 1.54) is 0 Å². The number of carbonyl (C=O) groups excluding carboxylic acids is 2. The molecule has 0 spiro atoms. The van der Waals surface area contributed by atoms with Gasteiger partial charge in [0, 0.05) is 23.0 Å². The van der Waals surface area contributed by atoms with E-state index in [2.05, 4.69) is 6.92 Å². The molecule has 2 fully saturated rings. The topological polar surface area (TPSA) is 34.1 Å². The van der Waals surface area contributed by atoms with Gasteiger partial charge in [0.2, 0.25) is 0 Å². The number of fused-ring (bicyclic) bond motifs is 4. The van der Waals surface area contributed by atoms with Crippen LogP contribution in [0.5, 0.6) is 0 Å². The van der Waals surface area contributed by atoms with E-state index in [4.69, 9.17) is 0 Å². The molecule has 0 N–H and O–H groups in total. The second-order valence-electron chi connectivity index (χ2n) is 6.41.